The maximum absolute atomic E-state index is 5.60. The van der Waals surface area contributed by atoms with Crippen molar-refractivity contribution in [1.82, 2.24) is 14.9 Å². The van der Waals surface area contributed by atoms with Gasteiger partial charge in [0.1, 0.15) is 11.6 Å². The molecule has 0 spiro atoms. The third-order valence-corrected chi connectivity index (χ3v) is 5.40. The van der Waals surface area contributed by atoms with Crippen molar-refractivity contribution >= 4 is 5.82 Å². The smallest absolute Gasteiger partial charge is 0.144 e. The first kappa shape index (κ1) is 18.4. The van der Waals surface area contributed by atoms with Crippen LogP contribution >= 0.6 is 0 Å². The Kier molecular flexibility index (Phi) is 5.53. The van der Waals surface area contributed by atoms with Gasteiger partial charge in [0.2, 0.25) is 0 Å². The molecule has 5 nitrogen and oxygen atoms in total. The van der Waals surface area contributed by atoms with Gasteiger partial charge in [0.15, 0.2) is 0 Å². The predicted octanol–water partition coefficient (Wildman–Crippen LogP) is 4.53. The average Bonchev–Trinajstić information content (AvgIpc) is 3.22. The van der Waals surface area contributed by atoms with Crippen molar-refractivity contribution in [2.75, 3.05) is 26.0 Å². The standard InChI is InChI=1S/C23H26N4O/c1-24-23-15-25-14-20(26-23)21-11-7-13-27(21)16-17-8-3-4-9-18(17)19-10-5-6-12-22(19)28-2/h3-6,8-10,12,14-15,21H,7,11,13,16H2,1-2H3,(H,24,26)/t21-/m1/s1. The number of hydrogen-bond acceptors (Lipinski definition) is 5. The second kappa shape index (κ2) is 8.40. The van der Waals surface area contributed by atoms with Crippen molar-refractivity contribution < 1.29 is 4.74 Å². The van der Waals surface area contributed by atoms with Gasteiger partial charge in [-0.05, 0) is 36.6 Å². The largest absolute Gasteiger partial charge is 0.496 e. The van der Waals surface area contributed by atoms with Crippen LogP contribution in [0.2, 0.25) is 0 Å². The Hall–Kier alpha value is -2.92. The van der Waals surface area contributed by atoms with Crippen LogP contribution in [0.25, 0.3) is 11.1 Å². The van der Waals surface area contributed by atoms with E-state index < -0.39 is 0 Å². The minimum atomic E-state index is 0.298. The Bertz CT molecular complexity index is 943. The zero-order chi connectivity index (χ0) is 19.3. The van der Waals surface area contributed by atoms with Gasteiger partial charge in [-0.2, -0.15) is 0 Å². The van der Waals surface area contributed by atoms with Gasteiger partial charge < -0.3 is 10.1 Å². The molecular weight excluding hydrogens is 348 g/mol. The fraction of sp³-hybridized carbons (Fsp3) is 0.304. The van der Waals surface area contributed by atoms with E-state index in [1.165, 1.54) is 17.5 Å². The lowest BCUT2D eigenvalue weighted by Gasteiger charge is -2.25. The molecule has 0 radical (unpaired) electrons. The van der Waals surface area contributed by atoms with Crippen LogP contribution in [0.3, 0.4) is 0 Å². The van der Waals surface area contributed by atoms with Crippen LogP contribution in [0.15, 0.2) is 60.9 Å². The molecule has 0 amide bonds. The minimum Gasteiger partial charge on any atom is -0.496 e. The summed E-state index contributed by atoms with van der Waals surface area (Å²) in [6.07, 6.45) is 5.95. The predicted molar refractivity (Wildman–Crippen MR) is 112 cm³/mol. The summed E-state index contributed by atoms with van der Waals surface area (Å²) in [7, 11) is 3.61. The van der Waals surface area contributed by atoms with Crippen LogP contribution in [0.1, 0.15) is 30.1 Å². The summed E-state index contributed by atoms with van der Waals surface area (Å²) >= 11 is 0. The highest BCUT2D eigenvalue weighted by Crippen LogP contribution is 2.36. The molecule has 1 saturated heterocycles. The molecule has 0 aliphatic carbocycles. The van der Waals surface area contributed by atoms with Crippen molar-refractivity contribution in [3.8, 4) is 16.9 Å². The lowest BCUT2D eigenvalue weighted by molar-refractivity contribution is 0.244. The topological polar surface area (TPSA) is 50.3 Å². The number of anilines is 1. The van der Waals surface area contributed by atoms with E-state index in [4.69, 9.17) is 9.72 Å². The molecule has 2 heterocycles. The highest BCUT2D eigenvalue weighted by Gasteiger charge is 2.28. The molecule has 1 N–H and O–H groups in total. The Balaban J connectivity index is 1.64. The van der Waals surface area contributed by atoms with E-state index >= 15 is 0 Å². The summed E-state index contributed by atoms with van der Waals surface area (Å²) < 4.78 is 5.60. The second-order valence-electron chi connectivity index (χ2n) is 7.07. The molecule has 0 bridgehead atoms. The van der Waals surface area contributed by atoms with Gasteiger partial charge in [0.25, 0.3) is 0 Å². The van der Waals surface area contributed by atoms with Gasteiger partial charge in [-0.25, -0.2) is 4.98 Å². The van der Waals surface area contributed by atoms with Crippen LogP contribution in [0, 0.1) is 0 Å². The third kappa shape index (κ3) is 3.71. The zero-order valence-corrected chi connectivity index (χ0v) is 16.4. The first-order chi connectivity index (χ1) is 13.8. The number of methoxy groups -OCH3 is 1. The van der Waals surface area contributed by atoms with E-state index in [1.54, 1.807) is 13.3 Å². The molecule has 1 fully saturated rings. The summed E-state index contributed by atoms with van der Waals surface area (Å²) in [5.74, 6) is 1.72. The van der Waals surface area contributed by atoms with Crippen molar-refractivity contribution in [2.45, 2.75) is 25.4 Å². The Morgan fingerprint density at radius 2 is 1.86 bits per heavy atom. The van der Waals surface area contributed by atoms with Crippen LogP contribution < -0.4 is 10.1 Å². The fourth-order valence-corrected chi connectivity index (χ4v) is 4.02. The number of nitrogens with one attached hydrogen (secondary N) is 1. The highest BCUT2D eigenvalue weighted by atomic mass is 16.5. The Morgan fingerprint density at radius 1 is 1.07 bits per heavy atom. The molecule has 0 unspecified atom stereocenters. The molecule has 1 aliphatic rings. The molecule has 3 aromatic rings. The van der Waals surface area contributed by atoms with Crippen LogP contribution in [-0.2, 0) is 6.54 Å². The van der Waals surface area contributed by atoms with E-state index in [-0.39, 0.29) is 0 Å². The zero-order valence-electron chi connectivity index (χ0n) is 16.4. The quantitative estimate of drug-likeness (QED) is 0.687. The van der Waals surface area contributed by atoms with Crippen molar-refractivity contribution in [1.29, 1.82) is 0 Å². The third-order valence-electron chi connectivity index (χ3n) is 5.40. The molecule has 1 atom stereocenters. The number of hydrogen-bond donors (Lipinski definition) is 1. The van der Waals surface area contributed by atoms with Gasteiger partial charge in [0, 0.05) is 19.2 Å². The molecule has 2 aromatic carbocycles. The summed E-state index contributed by atoms with van der Waals surface area (Å²) in [5.41, 5.74) is 4.70. The first-order valence-electron chi connectivity index (χ1n) is 9.75. The van der Waals surface area contributed by atoms with Crippen LogP contribution in [-0.4, -0.2) is 35.6 Å². The Morgan fingerprint density at radius 3 is 2.68 bits per heavy atom. The molecule has 4 rings (SSSR count). The number of benzene rings is 2. The Labute approximate surface area is 166 Å². The minimum absolute atomic E-state index is 0.298. The SMILES string of the molecule is CNc1cncc([C@H]2CCCN2Cc2ccccc2-c2ccccc2OC)n1. The van der Waals surface area contributed by atoms with Crippen LogP contribution in [0.5, 0.6) is 5.75 Å². The number of likely N-dealkylation sites (tertiary alicyclic amines) is 1. The first-order valence-corrected chi connectivity index (χ1v) is 9.75. The maximum atomic E-state index is 5.60. The normalized spacial score (nSPS) is 16.9. The van der Waals surface area contributed by atoms with E-state index in [1.807, 2.05) is 25.4 Å². The van der Waals surface area contributed by atoms with E-state index in [0.29, 0.717) is 6.04 Å². The van der Waals surface area contributed by atoms with Crippen molar-refractivity contribution in [2.24, 2.45) is 0 Å². The van der Waals surface area contributed by atoms with Crippen molar-refractivity contribution in [3.63, 3.8) is 0 Å². The summed E-state index contributed by atoms with van der Waals surface area (Å²) in [5, 5.41) is 3.09. The summed E-state index contributed by atoms with van der Waals surface area (Å²) in [6.45, 7) is 1.95. The van der Waals surface area contributed by atoms with Gasteiger partial charge in [0.05, 0.1) is 31.2 Å². The van der Waals surface area contributed by atoms with E-state index in [2.05, 4.69) is 51.6 Å². The number of nitrogens with zero attached hydrogens (tertiary/aromatic N) is 3. The van der Waals surface area contributed by atoms with E-state index in [9.17, 15) is 0 Å². The van der Waals surface area contributed by atoms with E-state index in [0.717, 1.165) is 42.3 Å². The van der Waals surface area contributed by atoms with Gasteiger partial charge in [-0.1, -0.05) is 42.5 Å². The maximum Gasteiger partial charge on any atom is 0.144 e. The molecule has 144 valence electrons. The number of rotatable bonds is 6. The summed E-state index contributed by atoms with van der Waals surface area (Å²) in [6, 6.07) is 17.1. The molecule has 0 saturated carbocycles. The monoisotopic (exact) mass is 374 g/mol. The number of ether oxygens (including phenoxy) is 1. The molecule has 5 heteroatoms. The molecule has 1 aromatic heterocycles. The second-order valence-corrected chi connectivity index (χ2v) is 7.07. The van der Waals surface area contributed by atoms with Crippen LogP contribution in [0.4, 0.5) is 5.82 Å². The molecule has 1 aliphatic heterocycles. The van der Waals surface area contributed by atoms with Gasteiger partial charge in [-0.3, -0.25) is 9.88 Å². The fourth-order valence-electron chi connectivity index (χ4n) is 4.02. The lowest BCUT2D eigenvalue weighted by Crippen LogP contribution is -2.24. The molecule has 28 heavy (non-hydrogen) atoms. The molecular formula is C23H26N4O. The highest BCUT2D eigenvalue weighted by molar-refractivity contribution is 5.73. The number of para-hydroxylation sites is 1. The summed E-state index contributed by atoms with van der Waals surface area (Å²) in [4.78, 5) is 11.6. The van der Waals surface area contributed by atoms with Gasteiger partial charge in [-0.15, -0.1) is 0 Å². The van der Waals surface area contributed by atoms with Crippen molar-refractivity contribution in [3.05, 3.63) is 72.2 Å². The number of aromatic nitrogens is 2. The lowest BCUT2D eigenvalue weighted by atomic mass is 9.98. The van der Waals surface area contributed by atoms with Gasteiger partial charge >= 0.3 is 0 Å². The average molecular weight is 374 g/mol.